The van der Waals surface area contributed by atoms with E-state index in [4.69, 9.17) is 0 Å². The van der Waals surface area contributed by atoms with Crippen molar-refractivity contribution in [3.8, 4) is 0 Å². The largest absolute Gasteiger partial charge is 0.360 e. The maximum Gasteiger partial charge on any atom is 0.202 e. The molecular weight excluding hydrogens is 124 g/mol. The van der Waals surface area contributed by atoms with Crippen LogP contribution < -0.4 is 10.3 Å². The van der Waals surface area contributed by atoms with Gasteiger partial charge in [-0.15, -0.1) is 0 Å². The fourth-order valence-electron chi connectivity index (χ4n) is 1.33. The van der Waals surface area contributed by atoms with E-state index in [0.717, 1.165) is 19.3 Å². The number of rotatable bonds is 0. The summed E-state index contributed by atoms with van der Waals surface area (Å²) < 4.78 is 0. The quantitative estimate of drug-likeness (QED) is 0.466. The lowest BCUT2D eigenvalue weighted by atomic mass is 10.1. The molecule has 2 heterocycles. The Kier molecular flexibility index (Phi) is 1.31. The maximum absolute atomic E-state index is 3.26. The molecule has 0 bridgehead atoms. The van der Waals surface area contributed by atoms with Gasteiger partial charge in [-0.05, 0) is 6.20 Å². The summed E-state index contributed by atoms with van der Waals surface area (Å²) in [6, 6.07) is 0. The highest BCUT2D eigenvalue weighted by atomic mass is 14.9. The molecule has 0 amide bonds. The van der Waals surface area contributed by atoms with Gasteiger partial charge in [0, 0.05) is 12.8 Å². The molecule has 0 saturated carbocycles. The SMILES string of the molecule is C1=CNC2=C(C1)[NH+]=CCC2. The van der Waals surface area contributed by atoms with Gasteiger partial charge < -0.3 is 5.32 Å². The van der Waals surface area contributed by atoms with Crippen molar-refractivity contribution in [3.05, 3.63) is 23.7 Å². The van der Waals surface area contributed by atoms with Crippen molar-refractivity contribution in [2.75, 3.05) is 0 Å². The summed E-state index contributed by atoms with van der Waals surface area (Å²) >= 11 is 0. The molecular formula is C8H11N2+. The normalized spacial score (nSPS) is 22.4. The molecule has 2 rings (SSSR count). The molecule has 0 aromatic rings. The van der Waals surface area contributed by atoms with Gasteiger partial charge in [0.1, 0.15) is 6.21 Å². The van der Waals surface area contributed by atoms with Crippen LogP contribution in [-0.2, 0) is 0 Å². The van der Waals surface area contributed by atoms with E-state index >= 15 is 0 Å². The molecule has 2 nitrogen and oxygen atoms in total. The molecule has 0 fully saturated rings. The van der Waals surface area contributed by atoms with Crippen LogP contribution >= 0.6 is 0 Å². The van der Waals surface area contributed by atoms with E-state index < -0.39 is 0 Å². The summed E-state index contributed by atoms with van der Waals surface area (Å²) in [6.45, 7) is 0. The van der Waals surface area contributed by atoms with Crippen LogP contribution in [-0.4, -0.2) is 6.21 Å². The Labute approximate surface area is 60.3 Å². The van der Waals surface area contributed by atoms with Crippen LogP contribution in [0.15, 0.2) is 23.7 Å². The first-order valence-electron chi connectivity index (χ1n) is 3.68. The van der Waals surface area contributed by atoms with Gasteiger partial charge in [-0.25, -0.2) is 4.99 Å². The highest BCUT2D eigenvalue weighted by Gasteiger charge is 2.15. The molecule has 52 valence electrons. The van der Waals surface area contributed by atoms with Crippen molar-refractivity contribution < 1.29 is 4.99 Å². The zero-order valence-corrected chi connectivity index (χ0v) is 5.85. The minimum absolute atomic E-state index is 1.05. The van der Waals surface area contributed by atoms with E-state index in [0.29, 0.717) is 0 Å². The summed E-state index contributed by atoms with van der Waals surface area (Å²) in [4.78, 5) is 3.26. The van der Waals surface area contributed by atoms with Crippen LogP contribution in [0.5, 0.6) is 0 Å². The second-order valence-corrected chi connectivity index (χ2v) is 2.60. The summed E-state index contributed by atoms with van der Waals surface area (Å²) in [5.41, 5.74) is 2.71. The van der Waals surface area contributed by atoms with Crippen LogP contribution in [0.4, 0.5) is 0 Å². The van der Waals surface area contributed by atoms with Crippen molar-refractivity contribution in [3.63, 3.8) is 0 Å². The Balaban J connectivity index is 2.25. The smallest absolute Gasteiger partial charge is 0.202 e. The van der Waals surface area contributed by atoms with E-state index in [1.54, 1.807) is 0 Å². The Morgan fingerprint density at radius 2 is 2.50 bits per heavy atom. The first-order chi connectivity index (χ1) is 4.97. The van der Waals surface area contributed by atoms with Gasteiger partial charge in [0.2, 0.25) is 5.70 Å². The van der Waals surface area contributed by atoms with Crippen molar-refractivity contribution in [1.29, 1.82) is 0 Å². The standard InChI is InChI=1S/C8H10N2/c1-3-7-8(9-5-1)4-2-6-10-7/h1,5-6,9H,2-4H2/p+1. The molecule has 2 aliphatic rings. The van der Waals surface area contributed by atoms with E-state index in [1.807, 2.05) is 6.20 Å². The second kappa shape index (κ2) is 2.29. The summed E-state index contributed by atoms with van der Waals surface area (Å²) in [5, 5.41) is 3.24. The number of allylic oxidation sites excluding steroid dienone is 2. The monoisotopic (exact) mass is 135 g/mol. The van der Waals surface area contributed by atoms with Crippen molar-refractivity contribution in [1.82, 2.24) is 5.32 Å². The van der Waals surface area contributed by atoms with Crippen LogP contribution in [0.3, 0.4) is 0 Å². The predicted octanol–water partition coefficient (Wildman–Crippen LogP) is -0.350. The van der Waals surface area contributed by atoms with Crippen LogP contribution in [0.25, 0.3) is 0 Å². The third-order valence-electron chi connectivity index (χ3n) is 1.88. The summed E-state index contributed by atoms with van der Waals surface area (Å²) in [5.74, 6) is 0. The van der Waals surface area contributed by atoms with Crippen molar-refractivity contribution in [2.24, 2.45) is 0 Å². The highest BCUT2D eigenvalue weighted by molar-refractivity contribution is 5.52. The molecule has 0 atom stereocenters. The highest BCUT2D eigenvalue weighted by Crippen LogP contribution is 2.11. The molecule has 0 saturated heterocycles. The lowest BCUT2D eigenvalue weighted by molar-refractivity contribution is -0.399. The lowest BCUT2D eigenvalue weighted by Crippen LogP contribution is -2.69. The predicted molar refractivity (Wildman–Crippen MR) is 40.2 cm³/mol. The van der Waals surface area contributed by atoms with Crippen LogP contribution in [0.1, 0.15) is 19.3 Å². The van der Waals surface area contributed by atoms with E-state index in [1.165, 1.54) is 11.4 Å². The van der Waals surface area contributed by atoms with Gasteiger partial charge in [0.25, 0.3) is 0 Å². The molecule has 2 heteroatoms. The third kappa shape index (κ3) is 0.856. The average Bonchev–Trinajstić information content (AvgIpc) is 2.05. The van der Waals surface area contributed by atoms with Gasteiger partial charge in [0.05, 0.1) is 12.1 Å². The zero-order chi connectivity index (χ0) is 6.81. The molecule has 0 spiro atoms. The summed E-state index contributed by atoms with van der Waals surface area (Å²) in [6.07, 6.45) is 9.63. The van der Waals surface area contributed by atoms with Crippen molar-refractivity contribution >= 4 is 6.21 Å². The van der Waals surface area contributed by atoms with Gasteiger partial charge in [-0.2, -0.15) is 0 Å². The average molecular weight is 135 g/mol. The van der Waals surface area contributed by atoms with Gasteiger partial charge in [0.15, 0.2) is 0 Å². The molecule has 0 radical (unpaired) electrons. The number of hydrogen-bond donors (Lipinski definition) is 2. The van der Waals surface area contributed by atoms with Crippen LogP contribution in [0, 0.1) is 0 Å². The van der Waals surface area contributed by atoms with Crippen molar-refractivity contribution in [2.45, 2.75) is 19.3 Å². The molecule has 0 aromatic heterocycles. The lowest BCUT2D eigenvalue weighted by Gasteiger charge is -2.12. The molecule has 0 aliphatic carbocycles. The zero-order valence-electron chi connectivity index (χ0n) is 5.85. The fourth-order valence-corrected chi connectivity index (χ4v) is 1.33. The molecule has 2 N–H and O–H groups in total. The Hall–Kier alpha value is -1.05. The fraction of sp³-hybridized carbons (Fsp3) is 0.375. The number of dihydropyridines is 1. The minimum atomic E-state index is 1.05. The Morgan fingerprint density at radius 1 is 1.50 bits per heavy atom. The first kappa shape index (κ1) is 5.71. The third-order valence-corrected chi connectivity index (χ3v) is 1.88. The molecule has 2 aliphatic heterocycles. The first-order valence-corrected chi connectivity index (χ1v) is 3.68. The van der Waals surface area contributed by atoms with Gasteiger partial charge in [-0.3, -0.25) is 0 Å². The van der Waals surface area contributed by atoms with Gasteiger partial charge in [-0.1, -0.05) is 6.08 Å². The topological polar surface area (TPSA) is 26.0 Å². The Bertz CT molecular complexity index is 223. The van der Waals surface area contributed by atoms with Gasteiger partial charge >= 0.3 is 0 Å². The molecule has 0 unspecified atom stereocenters. The Morgan fingerprint density at radius 3 is 3.40 bits per heavy atom. The molecule has 10 heavy (non-hydrogen) atoms. The van der Waals surface area contributed by atoms with E-state index in [9.17, 15) is 0 Å². The number of nitrogens with one attached hydrogen (secondary N) is 2. The second-order valence-electron chi connectivity index (χ2n) is 2.60. The van der Waals surface area contributed by atoms with Crippen LogP contribution in [0.2, 0.25) is 0 Å². The minimum Gasteiger partial charge on any atom is -0.360 e. The molecule has 0 aromatic carbocycles. The van der Waals surface area contributed by atoms with E-state index in [2.05, 4.69) is 22.6 Å². The number of hydrogen-bond acceptors (Lipinski definition) is 1. The van der Waals surface area contributed by atoms with E-state index in [-0.39, 0.29) is 0 Å². The summed E-state index contributed by atoms with van der Waals surface area (Å²) in [7, 11) is 0. The maximum atomic E-state index is 3.26.